The number of ether oxygens (including phenoxy) is 1. The van der Waals surface area contributed by atoms with Crippen molar-refractivity contribution in [2.24, 2.45) is 0 Å². The van der Waals surface area contributed by atoms with Gasteiger partial charge in [0.2, 0.25) is 0 Å². The zero-order valence-corrected chi connectivity index (χ0v) is 18.3. The van der Waals surface area contributed by atoms with Gasteiger partial charge in [0.1, 0.15) is 11.6 Å². The number of aromatic nitrogens is 5. The van der Waals surface area contributed by atoms with E-state index in [0.717, 1.165) is 46.7 Å². The Bertz CT molecular complexity index is 1380. The molecule has 1 saturated carbocycles. The highest BCUT2D eigenvalue weighted by molar-refractivity contribution is 6.22. The fraction of sp³-hybridized carbons (Fsp3) is 0.292. The maximum absolute atomic E-state index is 10.3. The molecule has 2 N–H and O–H groups in total. The lowest BCUT2D eigenvalue weighted by Crippen LogP contribution is -2.06. The quantitative estimate of drug-likeness (QED) is 0.346. The lowest BCUT2D eigenvalue weighted by Gasteiger charge is -2.15. The number of nitrogens with zero attached hydrogens (tertiary/aromatic N) is 5. The summed E-state index contributed by atoms with van der Waals surface area (Å²) in [5, 5.41) is 27.4. The molecule has 0 bridgehead atoms. The first kappa shape index (κ1) is 20.1. The molecule has 8 nitrogen and oxygen atoms in total. The second-order valence-electron chi connectivity index (χ2n) is 8.17. The summed E-state index contributed by atoms with van der Waals surface area (Å²) in [4.78, 5) is 9.39. The van der Waals surface area contributed by atoms with Crippen LogP contribution in [0.1, 0.15) is 55.4 Å². The van der Waals surface area contributed by atoms with Crippen LogP contribution in [0.4, 0.5) is 0 Å². The Morgan fingerprint density at radius 2 is 2.03 bits per heavy atom. The van der Waals surface area contributed by atoms with Crippen LogP contribution in [-0.4, -0.2) is 42.5 Å². The Morgan fingerprint density at radius 3 is 2.66 bits per heavy atom. The highest BCUT2D eigenvalue weighted by atomic mass is 16.5. The first-order chi connectivity index (χ1) is 15.5. The van der Waals surface area contributed by atoms with Crippen LogP contribution in [0.25, 0.3) is 22.3 Å². The van der Waals surface area contributed by atoms with Crippen molar-refractivity contribution in [2.45, 2.75) is 39.0 Å². The van der Waals surface area contributed by atoms with Crippen LogP contribution in [0.5, 0.6) is 5.75 Å². The van der Waals surface area contributed by atoms with E-state index in [4.69, 9.17) is 15.1 Å². The minimum Gasteiger partial charge on any atom is -0.512 e. The molecule has 5 rings (SSSR count). The van der Waals surface area contributed by atoms with Crippen molar-refractivity contribution < 1.29 is 9.84 Å². The van der Waals surface area contributed by atoms with Gasteiger partial charge in [0.25, 0.3) is 0 Å². The van der Waals surface area contributed by atoms with Gasteiger partial charge in [-0.1, -0.05) is 6.07 Å². The summed E-state index contributed by atoms with van der Waals surface area (Å²) in [6.07, 6.45) is 4.48. The number of hydrogen-bond acceptors (Lipinski definition) is 7. The molecule has 1 fully saturated rings. The number of aliphatic hydroxyl groups is 1. The maximum atomic E-state index is 10.3. The average molecular weight is 428 g/mol. The highest BCUT2D eigenvalue weighted by Crippen LogP contribution is 2.42. The molecule has 0 saturated heterocycles. The fourth-order valence-corrected chi connectivity index (χ4v) is 4.18. The zero-order valence-electron chi connectivity index (χ0n) is 18.3. The summed E-state index contributed by atoms with van der Waals surface area (Å²) in [6, 6.07) is 9.59. The summed E-state index contributed by atoms with van der Waals surface area (Å²) in [5.74, 6) is 1.77. The maximum Gasteiger partial charge on any atom is 0.183 e. The van der Waals surface area contributed by atoms with Gasteiger partial charge in [0.05, 0.1) is 36.0 Å². The molecule has 3 aromatic heterocycles. The van der Waals surface area contributed by atoms with Crippen LogP contribution < -0.4 is 4.74 Å². The molecule has 0 radical (unpaired) electrons. The second-order valence-corrected chi connectivity index (χ2v) is 8.17. The third-order valence-electron chi connectivity index (χ3n) is 5.77. The van der Waals surface area contributed by atoms with E-state index in [0.29, 0.717) is 29.2 Å². The van der Waals surface area contributed by atoms with Gasteiger partial charge in [-0.2, -0.15) is 0 Å². The van der Waals surface area contributed by atoms with E-state index >= 15 is 0 Å². The number of nitrogens with one attached hydrogen (secondary N) is 1. The van der Waals surface area contributed by atoms with Crippen LogP contribution in [0.3, 0.4) is 0 Å². The SMILES string of the molecule is COc1cc2c(cc1/C(C(C)=N)=C(\C)O)nc(C1CC1)c1nnc(Cc3ccccn3)n12. The number of benzene rings is 1. The van der Waals surface area contributed by atoms with Crippen LogP contribution >= 0.6 is 0 Å². The lowest BCUT2D eigenvalue weighted by molar-refractivity contribution is 0.409. The molecule has 1 aliphatic rings. The second kappa shape index (κ2) is 7.71. The monoisotopic (exact) mass is 428 g/mol. The third kappa shape index (κ3) is 3.37. The molecule has 3 heterocycles. The standard InChI is InChI=1S/C24H24N6O2/c1-13(25)22(14(2)31)17-11-18-19(12-20(17)32-3)30-21(10-16-6-4-5-9-26-16)28-29-24(30)23(27-18)15-7-8-15/h4-6,9,11-12,15,25,31H,7-8,10H2,1-3H3/b22-14+,25-13?. The summed E-state index contributed by atoms with van der Waals surface area (Å²) in [6.45, 7) is 3.23. The highest BCUT2D eigenvalue weighted by Gasteiger charge is 2.30. The Kier molecular flexibility index (Phi) is 4.84. The van der Waals surface area contributed by atoms with Crippen molar-refractivity contribution in [1.82, 2.24) is 24.6 Å². The van der Waals surface area contributed by atoms with E-state index in [1.54, 1.807) is 27.2 Å². The van der Waals surface area contributed by atoms with Gasteiger partial charge in [-0.25, -0.2) is 4.98 Å². The van der Waals surface area contributed by atoms with Crippen LogP contribution in [0, 0.1) is 5.41 Å². The van der Waals surface area contributed by atoms with E-state index < -0.39 is 0 Å². The number of aliphatic hydroxyl groups excluding tert-OH is 1. The molecule has 0 aliphatic heterocycles. The number of fused-ring (bicyclic) bond motifs is 3. The van der Waals surface area contributed by atoms with E-state index in [2.05, 4.69) is 15.2 Å². The molecular formula is C24H24N6O2. The van der Waals surface area contributed by atoms with Gasteiger partial charge in [-0.05, 0) is 44.9 Å². The third-order valence-corrected chi connectivity index (χ3v) is 5.77. The van der Waals surface area contributed by atoms with E-state index in [1.807, 2.05) is 34.7 Å². The van der Waals surface area contributed by atoms with Gasteiger partial charge in [0.15, 0.2) is 5.65 Å². The van der Waals surface area contributed by atoms with Crippen LogP contribution in [0.15, 0.2) is 42.3 Å². The topological polar surface area (TPSA) is 109 Å². The van der Waals surface area contributed by atoms with Crippen molar-refractivity contribution in [3.8, 4) is 5.75 Å². The van der Waals surface area contributed by atoms with Crippen molar-refractivity contribution >= 4 is 28.0 Å². The minimum atomic E-state index is 0.0683. The van der Waals surface area contributed by atoms with E-state index in [-0.39, 0.29) is 11.5 Å². The van der Waals surface area contributed by atoms with Crippen molar-refractivity contribution in [3.63, 3.8) is 0 Å². The van der Waals surface area contributed by atoms with Crippen molar-refractivity contribution in [3.05, 3.63) is 65.1 Å². The molecule has 1 aromatic carbocycles. The summed E-state index contributed by atoms with van der Waals surface area (Å²) < 4.78 is 7.72. The van der Waals surface area contributed by atoms with Gasteiger partial charge < -0.3 is 15.3 Å². The molecule has 32 heavy (non-hydrogen) atoms. The number of pyridine rings is 1. The lowest BCUT2D eigenvalue weighted by atomic mass is 9.98. The van der Waals surface area contributed by atoms with Gasteiger partial charge in [-0.15, -0.1) is 10.2 Å². The molecule has 4 aromatic rings. The smallest absolute Gasteiger partial charge is 0.183 e. The van der Waals surface area contributed by atoms with Crippen molar-refractivity contribution in [1.29, 1.82) is 5.41 Å². The number of allylic oxidation sites excluding steroid dienone is 2. The van der Waals surface area contributed by atoms with E-state index in [9.17, 15) is 5.11 Å². The molecule has 162 valence electrons. The Labute approximate surface area is 185 Å². The predicted octanol–water partition coefficient (Wildman–Crippen LogP) is 4.48. The molecule has 0 unspecified atom stereocenters. The normalized spacial score (nSPS) is 14.6. The number of hydrogen-bond donors (Lipinski definition) is 2. The molecule has 0 amide bonds. The fourth-order valence-electron chi connectivity index (χ4n) is 4.18. The summed E-state index contributed by atoms with van der Waals surface area (Å²) >= 11 is 0. The molecular weight excluding hydrogens is 404 g/mol. The average Bonchev–Trinajstić information content (AvgIpc) is 3.53. The largest absolute Gasteiger partial charge is 0.512 e. The Hall–Kier alpha value is -3.81. The first-order valence-corrected chi connectivity index (χ1v) is 10.6. The summed E-state index contributed by atoms with van der Waals surface area (Å²) in [7, 11) is 1.58. The Balaban J connectivity index is 1.80. The van der Waals surface area contributed by atoms with Gasteiger partial charge in [-0.3, -0.25) is 9.38 Å². The predicted molar refractivity (Wildman–Crippen MR) is 122 cm³/mol. The zero-order chi connectivity index (χ0) is 22.4. The number of methoxy groups -OCH3 is 1. The molecule has 0 atom stereocenters. The molecule has 0 spiro atoms. The Morgan fingerprint density at radius 1 is 1.22 bits per heavy atom. The van der Waals surface area contributed by atoms with Crippen molar-refractivity contribution in [2.75, 3.05) is 7.11 Å². The van der Waals surface area contributed by atoms with Gasteiger partial charge >= 0.3 is 0 Å². The van der Waals surface area contributed by atoms with Crippen LogP contribution in [0.2, 0.25) is 0 Å². The van der Waals surface area contributed by atoms with Crippen LogP contribution in [-0.2, 0) is 6.42 Å². The number of rotatable bonds is 6. The van der Waals surface area contributed by atoms with Gasteiger partial charge in [0, 0.05) is 40.7 Å². The molecule has 8 heteroatoms. The summed E-state index contributed by atoms with van der Waals surface area (Å²) in [5.41, 5.74) is 5.51. The minimum absolute atomic E-state index is 0.0683. The molecule has 1 aliphatic carbocycles. The van der Waals surface area contributed by atoms with E-state index in [1.165, 1.54) is 0 Å². The first-order valence-electron chi connectivity index (χ1n) is 10.6.